The predicted molar refractivity (Wildman–Crippen MR) is 162 cm³/mol. The Kier molecular flexibility index (Phi) is 5.95. The van der Waals surface area contributed by atoms with Crippen molar-refractivity contribution in [1.29, 1.82) is 0 Å². The topological polar surface area (TPSA) is 0 Å². The van der Waals surface area contributed by atoms with E-state index in [-0.39, 0.29) is 10.00 Å². The fourth-order valence-electron chi connectivity index (χ4n) is 6.13. The molecular weight excluding hydrogens is 485 g/mol. The highest BCUT2D eigenvalue weighted by atomic mass is 32.2. The van der Waals surface area contributed by atoms with Crippen molar-refractivity contribution in [2.24, 2.45) is 0 Å². The lowest BCUT2D eigenvalue weighted by atomic mass is 9.83. The molecule has 37 heavy (non-hydrogen) atoms. The van der Waals surface area contributed by atoms with Crippen LogP contribution in [0.5, 0.6) is 0 Å². The standard InChI is InChI=1S/C35H28S2/c1-3-13-26(14-4-1)32-30-18-9-10-19-31(30)35(29-16-5-2-6-17-29)33(32)34(36-22-11-23-37-35)28-21-20-25-12-7-8-15-27(25)24-28/h1-10,12-21,24,34H,11,22-23H2/t34-,35-/m0/s1. The van der Waals surface area contributed by atoms with Crippen molar-refractivity contribution in [3.63, 3.8) is 0 Å². The Bertz CT molecular complexity index is 1600. The van der Waals surface area contributed by atoms with Crippen LogP contribution in [-0.2, 0) is 4.75 Å². The molecule has 1 heterocycles. The summed E-state index contributed by atoms with van der Waals surface area (Å²) in [7, 11) is 0. The van der Waals surface area contributed by atoms with Crippen LogP contribution in [0, 0.1) is 0 Å². The molecule has 5 aromatic carbocycles. The second-order valence-electron chi connectivity index (χ2n) is 9.81. The van der Waals surface area contributed by atoms with Gasteiger partial charge in [-0.2, -0.15) is 0 Å². The van der Waals surface area contributed by atoms with Crippen molar-refractivity contribution >= 4 is 39.9 Å². The Morgan fingerprint density at radius 3 is 2.16 bits per heavy atom. The first-order valence-corrected chi connectivity index (χ1v) is 15.1. The molecule has 0 radical (unpaired) electrons. The van der Waals surface area contributed by atoms with Gasteiger partial charge >= 0.3 is 0 Å². The lowest BCUT2D eigenvalue weighted by molar-refractivity contribution is 0.835. The fraction of sp³-hybridized carbons (Fsp3) is 0.143. The Morgan fingerprint density at radius 2 is 1.32 bits per heavy atom. The molecule has 0 N–H and O–H groups in total. The lowest BCUT2D eigenvalue weighted by Crippen LogP contribution is -2.29. The summed E-state index contributed by atoms with van der Waals surface area (Å²) >= 11 is 4.27. The summed E-state index contributed by atoms with van der Waals surface area (Å²) in [5, 5.41) is 2.89. The first-order chi connectivity index (χ1) is 18.4. The number of rotatable bonds is 3. The van der Waals surface area contributed by atoms with Crippen molar-refractivity contribution in [2.75, 3.05) is 11.5 Å². The number of thioether (sulfide) groups is 2. The van der Waals surface area contributed by atoms with E-state index >= 15 is 0 Å². The average molecular weight is 513 g/mol. The average Bonchev–Trinajstić information content (AvgIpc) is 3.24. The van der Waals surface area contributed by atoms with Crippen LogP contribution in [-0.4, -0.2) is 11.5 Å². The van der Waals surface area contributed by atoms with E-state index in [1.54, 1.807) is 0 Å². The molecule has 0 aromatic heterocycles. The minimum absolute atomic E-state index is 0.216. The molecule has 2 aliphatic rings. The van der Waals surface area contributed by atoms with Crippen LogP contribution in [0.3, 0.4) is 0 Å². The van der Waals surface area contributed by atoms with Crippen molar-refractivity contribution in [2.45, 2.75) is 16.4 Å². The molecule has 0 nitrogen and oxygen atoms in total. The monoisotopic (exact) mass is 512 g/mol. The predicted octanol–water partition coefficient (Wildman–Crippen LogP) is 9.51. The summed E-state index contributed by atoms with van der Waals surface area (Å²) in [6.07, 6.45) is 1.21. The smallest absolute Gasteiger partial charge is 0.0896 e. The van der Waals surface area contributed by atoms with Crippen molar-refractivity contribution in [1.82, 2.24) is 0 Å². The zero-order valence-electron chi connectivity index (χ0n) is 20.6. The molecule has 180 valence electrons. The van der Waals surface area contributed by atoms with Crippen LogP contribution in [0.4, 0.5) is 0 Å². The molecule has 1 aliphatic heterocycles. The van der Waals surface area contributed by atoms with Gasteiger partial charge in [-0.15, -0.1) is 23.5 Å². The SMILES string of the molecule is c1ccc(C2=C3[C@H](c4ccc5ccccc5c4)SCCCS[C@@]3(c3ccccc3)c3ccccc32)cc1. The molecule has 0 unspecified atom stereocenters. The maximum absolute atomic E-state index is 2.44. The highest BCUT2D eigenvalue weighted by molar-refractivity contribution is 8.02. The van der Waals surface area contributed by atoms with Crippen LogP contribution in [0.2, 0.25) is 0 Å². The minimum Gasteiger partial charge on any atom is -0.149 e. The highest BCUT2D eigenvalue weighted by Crippen LogP contribution is 2.64. The molecule has 0 saturated carbocycles. The van der Waals surface area contributed by atoms with Gasteiger partial charge in [0.15, 0.2) is 0 Å². The molecule has 2 atom stereocenters. The summed E-state index contributed by atoms with van der Waals surface area (Å²) < 4.78 is -0.216. The van der Waals surface area contributed by atoms with Crippen LogP contribution in [0.25, 0.3) is 16.3 Å². The van der Waals surface area contributed by atoms with Gasteiger partial charge in [0.05, 0.1) is 10.00 Å². The first kappa shape index (κ1) is 23.0. The third kappa shape index (κ3) is 3.77. The Balaban J connectivity index is 1.58. The van der Waals surface area contributed by atoms with E-state index < -0.39 is 0 Å². The van der Waals surface area contributed by atoms with Crippen LogP contribution in [0.15, 0.2) is 133 Å². The van der Waals surface area contributed by atoms with Gasteiger partial charge < -0.3 is 0 Å². The minimum atomic E-state index is -0.216. The number of hydrogen-bond donors (Lipinski definition) is 0. The van der Waals surface area contributed by atoms with E-state index in [1.807, 2.05) is 0 Å². The third-order valence-electron chi connectivity index (χ3n) is 7.70. The van der Waals surface area contributed by atoms with E-state index in [4.69, 9.17) is 0 Å². The largest absolute Gasteiger partial charge is 0.149 e. The molecule has 2 heteroatoms. The maximum Gasteiger partial charge on any atom is 0.0896 e. The second-order valence-corrected chi connectivity index (χ2v) is 12.3. The fourth-order valence-corrected chi connectivity index (χ4v) is 9.34. The van der Waals surface area contributed by atoms with Gasteiger partial charge in [0.25, 0.3) is 0 Å². The first-order valence-electron chi connectivity index (χ1n) is 13.1. The molecule has 0 bridgehead atoms. The molecular formula is C35H28S2. The van der Waals surface area contributed by atoms with E-state index in [0.717, 1.165) is 11.5 Å². The molecule has 0 amide bonds. The van der Waals surface area contributed by atoms with E-state index in [9.17, 15) is 0 Å². The van der Waals surface area contributed by atoms with Gasteiger partial charge in [0.2, 0.25) is 0 Å². The van der Waals surface area contributed by atoms with E-state index in [0.29, 0.717) is 0 Å². The summed E-state index contributed by atoms with van der Waals surface area (Å²) in [5.41, 5.74) is 9.89. The van der Waals surface area contributed by atoms with Gasteiger partial charge in [-0.3, -0.25) is 0 Å². The summed E-state index contributed by atoms with van der Waals surface area (Å²) in [5.74, 6) is 2.31. The van der Waals surface area contributed by atoms with E-state index in [1.165, 1.54) is 56.2 Å². The quantitative estimate of drug-likeness (QED) is 0.236. The van der Waals surface area contributed by atoms with Gasteiger partial charge in [0, 0.05) is 0 Å². The summed E-state index contributed by atoms with van der Waals surface area (Å²) in [6, 6.07) is 47.4. The van der Waals surface area contributed by atoms with Gasteiger partial charge in [-0.25, -0.2) is 0 Å². The van der Waals surface area contributed by atoms with Crippen LogP contribution >= 0.6 is 23.5 Å². The summed E-state index contributed by atoms with van der Waals surface area (Å²) in [4.78, 5) is 0. The highest BCUT2D eigenvalue weighted by Gasteiger charge is 2.50. The molecule has 1 fully saturated rings. The van der Waals surface area contributed by atoms with Crippen molar-refractivity contribution < 1.29 is 0 Å². The van der Waals surface area contributed by atoms with Crippen LogP contribution in [0.1, 0.15) is 39.5 Å². The summed E-state index contributed by atoms with van der Waals surface area (Å²) in [6.45, 7) is 0. The van der Waals surface area contributed by atoms with Crippen molar-refractivity contribution in [3.05, 3.63) is 161 Å². The second kappa shape index (κ2) is 9.59. The molecule has 7 rings (SSSR count). The molecule has 1 aliphatic carbocycles. The zero-order valence-corrected chi connectivity index (χ0v) is 22.3. The Morgan fingerprint density at radius 1 is 0.622 bits per heavy atom. The number of fused-ring (bicyclic) bond motifs is 4. The van der Waals surface area contributed by atoms with Gasteiger partial charge in [-0.1, -0.05) is 121 Å². The lowest BCUT2D eigenvalue weighted by Gasteiger charge is -2.39. The third-order valence-corrected chi connectivity index (χ3v) is 10.7. The Labute approximate surface area is 227 Å². The number of benzene rings is 5. The maximum atomic E-state index is 2.44. The molecule has 0 spiro atoms. The zero-order chi connectivity index (χ0) is 24.7. The van der Waals surface area contributed by atoms with Crippen LogP contribution < -0.4 is 0 Å². The normalized spacial score (nSPS) is 21.2. The molecule has 1 saturated heterocycles. The molecule has 5 aromatic rings. The van der Waals surface area contributed by atoms with Gasteiger partial charge in [-0.05, 0) is 73.7 Å². The van der Waals surface area contributed by atoms with Gasteiger partial charge in [0.1, 0.15) is 0 Å². The van der Waals surface area contributed by atoms with E-state index in [2.05, 4.69) is 151 Å². The van der Waals surface area contributed by atoms with Crippen molar-refractivity contribution in [3.8, 4) is 0 Å². The Hall–Kier alpha value is -3.20. The number of hydrogen-bond acceptors (Lipinski definition) is 2.